The molecule has 3 aromatic rings. The summed E-state index contributed by atoms with van der Waals surface area (Å²) in [5, 5.41) is 5.92. The molecule has 0 spiro atoms. The fourth-order valence-corrected chi connectivity index (χ4v) is 2.14. The number of benzene rings is 1. The highest BCUT2D eigenvalue weighted by molar-refractivity contribution is 5.92. The van der Waals surface area contributed by atoms with Gasteiger partial charge in [-0.25, -0.2) is 9.97 Å². The minimum absolute atomic E-state index is 0.268. The largest absolute Gasteiger partial charge is 0.345 e. The van der Waals surface area contributed by atoms with Gasteiger partial charge in [-0.1, -0.05) is 24.3 Å². The Bertz CT molecular complexity index is 836. The molecule has 0 atom stereocenters. The van der Waals surface area contributed by atoms with Gasteiger partial charge < -0.3 is 10.6 Å². The smallest absolute Gasteiger partial charge is 0.270 e. The van der Waals surface area contributed by atoms with Crippen LogP contribution in [0.2, 0.25) is 0 Å². The summed E-state index contributed by atoms with van der Waals surface area (Å²) in [6.45, 7) is 2.34. The van der Waals surface area contributed by atoms with Crippen LogP contribution in [0, 0.1) is 6.92 Å². The topological polar surface area (TPSA) is 79.8 Å². The lowest BCUT2D eigenvalue weighted by atomic mass is 10.2. The van der Waals surface area contributed by atoms with Crippen molar-refractivity contribution in [3.8, 4) is 0 Å². The predicted octanol–water partition coefficient (Wildman–Crippen LogP) is 2.85. The van der Waals surface area contributed by atoms with Crippen LogP contribution in [0.15, 0.2) is 60.9 Å². The van der Waals surface area contributed by atoms with Crippen molar-refractivity contribution in [1.82, 2.24) is 20.3 Å². The van der Waals surface area contributed by atoms with Gasteiger partial charge >= 0.3 is 0 Å². The van der Waals surface area contributed by atoms with E-state index in [-0.39, 0.29) is 5.91 Å². The Kier molecular flexibility index (Phi) is 4.76. The van der Waals surface area contributed by atoms with Crippen molar-refractivity contribution >= 4 is 17.5 Å². The van der Waals surface area contributed by atoms with Crippen LogP contribution >= 0.6 is 0 Å². The first-order valence-electron chi connectivity index (χ1n) is 7.56. The maximum Gasteiger partial charge on any atom is 0.270 e. The van der Waals surface area contributed by atoms with Gasteiger partial charge in [-0.05, 0) is 36.8 Å². The Morgan fingerprint density at radius 3 is 2.62 bits per heavy atom. The van der Waals surface area contributed by atoms with Crippen LogP contribution in [0.25, 0.3) is 0 Å². The third-order valence-corrected chi connectivity index (χ3v) is 3.44. The molecule has 1 amide bonds. The summed E-state index contributed by atoms with van der Waals surface area (Å²) in [5.41, 5.74) is 3.07. The quantitative estimate of drug-likeness (QED) is 0.756. The molecule has 0 unspecified atom stereocenters. The van der Waals surface area contributed by atoms with Crippen molar-refractivity contribution < 1.29 is 4.79 Å². The zero-order valence-corrected chi connectivity index (χ0v) is 13.2. The zero-order chi connectivity index (χ0) is 16.8. The first kappa shape index (κ1) is 15.6. The molecule has 0 saturated heterocycles. The first-order chi connectivity index (χ1) is 11.7. The standard InChI is InChI=1S/C18H17N5O/c1-13-6-2-3-8-15(13)22-18-20-11-9-16(23-18)17(24)21-12-14-7-4-5-10-19-14/h2-11H,12H2,1H3,(H,21,24)(H,20,22,23). The van der Waals surface area contributed by atoms with Gasteiger partial charge in [-0.15, -0.1) is 0 Å². The van der Waals surface area contributed by atoms with E-state index in [0.29, 0.717) is 18.2 Å². The van der Waals surface area contributed by atoms with Gasteiger partial charge in [-0.2, -0.15) is 0 Å². The maximum atomic E-state index is 12.2. The van der Waals surface area contributed by atoms with Gasteiger partial charge in [0.05, 0.1) is 12.2 Å². The highest BCUT2D eigenvalue weighted by Gasteiger charge is 2.09. The number of hydrogen-bond acceptors (Lipinski definition) is 5. The van der Waals surface area contributed by atoms with Gasteiger partial charge in [0.1, 0.15) is 5.69 Å². The molecule has 6 nitrogen and oxygen atoms in total. The Morgan fingerprint density at radius 2 is 1.83 bits per heavy atom. The molecule has 6 heteroatoms. The Morgan fingerprint density at radius 1 is 1.00 bits per heavy atom. The number of nitrogens with zero attached hydrogens (tertiary/aromatic N) is 3. The second kappa shape index (κ2) is 7.32. The molecular weight excluding hydrogens is 302 g/mol. The monoisotopic (exact) mass is 319 g/mol. The van der Waals surface area contributed by atoms with Crippen molar-refractivity contribution in [1.29, 1.82) is 0 Å². The summed E-state index contributed by atoms with van der Waals surface area (Å²) in [6.07, 6.45) is 3.25. The van der Waals surface area contributed by atoms with Gasteiger partial charge in [-0.3, -0.25) is 9.78 Å². The molecule has 2 N–H and O–H groups in total. The fourth-order valence-electron chi connectivity index (χ4n) is 2.14. The van der Waals surface area contributed by atoms with Crippen molar-refractivity contribution in [3.05, 3.63) is 77.9 Å². The van der Waals surface area contributed by atoms with Crippen LogP contribution in [0.5, 0.6) is 0 Å². The number of nitrogens with one attached hydrogen (secondary N) is 2. The van der Waals surface area contributed by atoms with E-state index in [1.54, 1.807) is 18.5 Å². The Labute approximate surface area is 140 Å². The molecule has 0 bridgehead atoms. The van der Waals surface area contributed by atoms with Crippen LogP contribution in [-0.2, 0) is 6.54 Å². The molecule has 2 heterocycles. The summed E-state index contributed by atoms with van der Waals surface area (Å²) in [4.78, 5) is 24.8. The molecular formula is C18H17N5O. The molecule has 1 aromatic carbocycles. The van der Waals surface area contributed by atoms with E-state index in [9.17, 15) is 4.79 Å². The normalized spacial score (nSPS) is 10.2. The Hall–Kier alpha value is -3.28. The molecule has 0 aliphatic rings. The SMILES string of the molecule is Cc1ccccc1Nc1nccc(C(=O)NCc2ccccn2)n1. The molecule has 0 aliphatic carbocycles. The molecule has 2 aromatic heterocycles. The molecule has 0 saturated carbocycles. The van der Waals surface area contributed by atoms with E-state index in [4.69, 9.17) is 0 Å². The number of amides is 1. The third-order valence-electron chi connectivity index (χ3n) is 3.44. The van der Waals surface area contributed by atoms with Crippen LogP contribution in [-0.4, -0.2) is 20.9 Å². The van der Waals surface area contributed by atoms with Crippen LogP contribution in [0.1, 0.15) is 21.7 Å². The molecule has 0 aliphatic heterocycles. The van der Waals surface area contributed by atoms with E-state index in [1.807, 2.05) is 49.4 Å². The zero-order valence-electron chi connectivity index (χ0n) is 13.2. The molecule has 3 rings (SSSR count). The predicted molar refractivity (Wildman–Crippen MR) is 91.9 cm³/mol. The third kappa shape index (κ3) is 3.92. The number of carbonyl (C=O) groups excluding carboxylic acids is 1. The van der Waals surface area contributed by atoms with Gasteiger partial charge in [0.15, 0.2) is 0 Å². The van der Waals surface area contributed by atoms with Gasteiger partial charge in [0.25, 0.3) is 5.91 Å². The molecule has 120 valence electrons. The number of aryl methyl sites for hydroxylation is 1. The van der Waals surface area contributed by atoms with Crippen molar-refractivity contribution in [2.75, 3.05) is 5.32 Å². The minimum Gasteiger partial charge on any atom is -0.345 e. The molecule has 24 heavy (non-hydrogen) atoms. The van der Waals surface area contributed by atoms with E-state index < -0.39 is 0 Å². The molecule has 0 radical (unpaired) electrons. The number of rotatable bonds is 5. The number of aromatic nitrogens is 3. The number of hydrogen-bond donors (Lipinski definition) is 2. The number of carbonyl (C=O) groups is 1. The van der Waals surface area contributed by atoms with Crippen molar-refractivity contribution in [2.45, 2.75) is 13.5 Å². The van der Waals surface area contributed by atoms with Crippen LogP contribution in [0.3, 0.4) is 0 Å². The maximum absolute atomic E-state index is 12.2. The molecule has 0 fully saturated rings. The average molecular weight is 319 g/mol. The Balaban J connectivity index is 1.68. The lowest BCUT2D eigenvalue weighted by Gasteiger charge is -2.09. The lowest BCUT2D eigenvalue weighted by Crippen LogP contribution is -2.24. The van der Waals surface area contributed by atoms with E-state index in [0.717, 1.165) is 16.9 Å². The lowest BCUT2D eigenvalue weighted by molar-refractivity contribution is 0.0945. The number of pyridine rings is 1. The summed E-state index contributed by atoms with van der Waals surface area (Å²) < 4.78 is 0. The van der Waals surface area contributed by atoms with Gasteiger partial charge in [0.2, 0.25) is 5.95 Å². The second-order valence-electron chi connectivity index (χ2n) is 5.21. The van der Waals surface area contributed by atoms with Crippen LogP contribution < -0.4 is 10.6 Å². The fraction of sp³-hybridized carbons (Fsp3) is 0.111. The summed E-state index contributed by atoms with van der Waals surface area (Å²) >= 11 is 0. The number of anilines is 2. The summed E-state index contributed by atoms with van der Waals surface area (Å²) in [6, 6.07) is 15.0. The van der Waals surface area contributed by atoms with Crippen LogP contribution in [0.4, 0.5) is 11.6 Å². The van der Waals surface area contributed by atoms with Crippen molar-refractivity contribution in [3.63, 3.8) is 0 Å². The number of para-hydroxylation sites is 1. The van der Waals surface area contributed by atoms with E-state index in [1.165, 1.54) is 0 Å². The van der Waals surface area contributed by atoms with E-state index >= 15 is 0 Å². The first-order valence-corrected chi connectivity index (χ1v) is 7.56. The second-order valence-corrected chi connectivity index (χ2v) is 5.21. The van der Waals surface area contributed by atoms with E-state index in [2.05, 4.69) is 25.6 Å². The highest BCUT2D eigenvalue weighted by Crippen LogP contribution is 2.17. The van der Waals surface area contributed by atoms with Gasteiger partial charge in [0, 0.05) is 18.1 Å². The summed E-state index contributed by atoms with van der Waals surface area (Å²) in [5.74, 6) is 0.116. The average Bonchev–Trinajstić information content (AvgIpc) is 2.63. The minimum atomic E-state index is -0.268. The van der Waals surface area contributed by atoms with Crippen molar-refractivity contribution in [2.24, 2.45) is 0 Å². The summed E-state index contributed by atoms with van der Waals surface area (Å²) in [7, 11) is 0. The highest BCUT2D eigenvalue weighted by atomic mass is 16.1.